The van der Waals surface area contributed by atoms with Gasteiger partial charge in [0, 0.05) is 24.0 Å². The Bertz CT molecular complexity index is 1190. The molecule has 0 radical (unpaired) electrons. The fraction of sp³-hybridized carbons (Fsp3) is 0.304. The summed E-state index contributed by atoms with van der Waals surface area (Å²) in [6, 6.07) is 12.8. The van der Waals surface area contributed by atoms with E-state index in [1.165, 1.54) is 16.7 Å². The van der Waals surface area contributed by atoms with E-state index in [1.54, 1.807) is 48.3 Å². The summed E-state index contributed by atoms with van der Waals surface area (Å²) >= 11 is 17.0. The molecule has 1 aliphatic rings. The SMILES string of the molecule is CN(C(=O)C1CC1)c1ccc(OCc2cc3ccc(F)cc3n2C(=O)OCC(Cl)(Cl)Cl)cc1. The number of hydrogen-bond acceptors (Lipinski definition) is 4. The van der Waals surface area contributed by atoms with Crippen molar-refractivity contribution in [1.29, 1.82) is 0 Å². The van der Waals surface area contributed by atoms with Gasteiger partial charge in [0.1, 0.15) is 24.8 Å². The van der Waals surface area contributed by atoms with Crippen LogP contribution >= 0.6 is 34.8 Å². The lowest BCUT2D eigenvalue weighted by molar-refractivity contribution is -0.119. The van der Waals surface area contributed by atoms with Crippen LogP contribution in [0.1, 0.15) is 18.5 Å². The third-order valence-electron chi connectivity index (χ3n) is 5.25. The molecule has 4 rings (SSSR count). The Morgan fingerprint density at radius 2 is 1.82 bits per heavy atom. The van der Waals surface area contributed by atoms with Crippen molar-refractivity contribution in [3.63, 3.8) is 0 Å². The minimum absolute atomic E-state index is 0.00461. The van der Waals surface area contributed by atoms with E-state index >= 15 is 0 Å². The molecule has 1 aliphatic carbocycles. The van der Waals surface area contributed by atoms with Gasteiger partial charge in [-0.2, -0.15) is 0 Å². The summed E-state index contributed by atoms with van der Waals surface area (Å²) in [5.41, 5.74) is 1.49. The van der Waals surface area contributed by atoms with Crippen molar-refractivity contribution < 1.29 is 23.5 Å². The lowest BCUT2D eigenvalue weighted by Gasteiger charge is -2.17. The number of nitrogens with zero attached hydrogens (tertiary/aromatic N) is 2. The maximum atomic E-state index is 13.8. The topological polar surface area (TPSA) is 60.8 Å². The Kier molecular flexibility index (Phi) is 6.75. The average molecular weight is 514 g/mol. The predicted octanol–water partition coefficient (Wildman–Crippen LogP) is 6.09. The number of carbonyl (C=O) groups is 2. The third-order valence-corrected chi connectivity index (χ3v) is 5.58. The van der Waals surface area contributed by atoms with Crippen molar-refractivity contribution in [1.82, 2.24) is 4.57 Å². The molecular weight excluding hydrogens is 494 g/mol. The van der Waals surface area contributed by atoms with Crippen LogP contribution in [0.25, 0.3) is 10.9 Å². The molecule has 0 saturated heterocycles. The summed E-state index contributed by atoms with van der Waals surface area (Å²) in [5, 5.41) is 0.622. The van der Waals surface area contributed by atoms with E-state index in [0.717, 1.165) is 18.5 Å². The molecular formula is C23H20Cl3FN2O4. The number of aromatic nitrogens is 1. The molecule has 2 aromatic carbocycles. The quantitative estimate of drug-likeness (QED) is 0.374. The summed E-state index contributed by atoms with van der Waals surface area (Å²) in [4.78, 5) is 26.6. The summed E-state index contributed by atoms with van der Waals surface area (Å²) < 4.78 is 24.2. The first-order valence-corrected chi connectivity index (χ1v) is 11.3. The van der Waals surface area contributed by atoms with Gasteiger partial charge in [0.25, 0.3) is 0 Å². The van der Waals surface area contributed by atoms with Crippen LogP contribution in [-0.4, -0.2) is 34.0 Å². The molecule has 33 heavy (non-hydrogen) atoms. The molecule has 1 saturated carbocycles. The zero-order chi connectivity index (χ0) is 23.8. The number of hydrogen-bond donors (Lipinski definition) is 0. The highest BCUT2D eigenvalue weighted by molar-refractivity contribution is 6.67. The van der Waals surface area contributed by atoms with Crippen LogP contribution in [0.5, 0.6) is 5.75 Å². The van der Waals surface area contributed by atoms with Gasteiger partial charge in [-0.05, 0) is 61.4 Å². The fourth-order valence-corrected chi connectivity index (χ4v) is 3.58. The summed E-state index contributed by atoms with van der Waals surface area (Å²) in [6.45, 7) is -0.476. The Morgan fingerprint density at radius 1 is 1.12 bits per heavy atom. The van der Waals surface area contributed by atoms with Crippen molar-refractivity contribution in [3.8, 4) is 5.75 Å². The van der Waals surface area contributed by atoms with Gasteiger partial charge in [0.05, 0.1) is 11.2 Å². The van der Waals surface area contributed by atoms with Crippen molar-refractivity contribution >= 4 is 63.4 Å². The van der Waals surface area contributed by atoms with Gasteiger partial charge in [-0.1, -0.05) is 34.8 Å². The van der Waals surface area contributed by atoms with Gasteiger partial charge < -0.3 is 14.4 Å². The largest absolute Gasteiger partial charge is 0.487 e. The molecule has 0 aliphatic heterocycles. The highest BCUT2D eigenvalue weighted by Crippen LogP contribution is 2.33. The van der Waals surface area contributed by atoms with Crippen LogP contribution in [0.3, 0.4) is 0 Å². The van der Waals surface area contributed by atoms with E-state index in [0.29, 0.717) is 22.3 Å². The van der Waals surface area contributed by atoms with Crippen LogP contribution < -0.4 is 9.64 Å². The van der Waals surface area contributed by atoms with Gasteiger partial charge in [-0.25, -0.2) is 13.8 Å². The number of halogens is 4. The number of amides is 1. The first-order chi connectivity index (χ1) is 15.6. The fourth-order valence-electron chi connectivity index (χ4n) is 3.42. The smallest absolute Gasteiger partial charge is 0.418 e. The lowest BCUT2D eigenvalue weighted by Crippen LogP contribution is -2.27. The van der Waals surface area contributed by atoms with Crippen LogP contribution in [0.4, 0.5) is 14.9 Å². The lowest BCUT2D eigenvalue weighted by atomic mass is 10.2. The Labute approximate surface area is 204 Å². The predicted molar refractivity (Wildman–Crippen MR) is 126 cm³/mol. The van der Waals surface area contributed by atoms with E-state index in [9.17, 15) is 14.0 Å². The molecule has 0 unspecified atom stereocenters. The van der Waals surface area contributed by atoms with Crippen LogP contribution in [-0.2, 0) is 16.1 Å². The molecule has 0 bridgehead atoms. The van der Waals surface area contributed by atoms with E-state index in [4.69, 9.17) is 44.3 Å². The summed E-state index contributed by atoms with van der Waals surface area (Å²) in [5.74, 6) is 0.250. The minimum Gasteiger partial charge on any atom is -0.487 e. The zero-order valence-corrected chi connectivity index (χ0v) is 19.8. The molecule has 1 fully saturated rings. The molecule has 3 aromatic rings. The Hall–Kier alpha value is -2.48. The van der Waals surface area contributed by atoms with Crippen molar-refractivity contribution in [2.24, 2.45) is 5.92 Å². The van der Waals surface area contributed by atoms with Crippen LogP contribution in [0, 0.1) is 11.7 Å². The van der Waals surface area contributed by atoms with Crippen molar-refractivity contribution in [2.75, 3.05) is 18.6 Å². The van der Waals surface area contributed by atoms with Crippen molar-refractivity contribution in [2.45, 2.75) is 23.2 Å². The molecule has 1 amide bonds. The maximum Gasteiger partial charge on any atom is 0.418 e. The highest BCUT2D eigenvalue weighted by Gasteiger charge is 2.32. The number of fused-ring (bicyclic) bond motifs is 1. The Balaban J connectivity index is 1.52. The molecule has 0 atom stereocenters. The van der Waals surface area contributed by atoms with Gasteiger partial charge >= 0.3 is 6.09 Å². The molecule has 1 heterocycles. The second kappa shape index (κ2) is 9.41. The van der Waals surface area contributed by atoms with E-state index in [2.05, 4.69) is 0 Å². The molecule has 10 heteroatoms. The second-order valence-corrected chi connectivity index (χ2v) is 10.3. The summed E-state index contributed by atoms with van der Waals surface area (Å²) in [7, 11) is 1.75. The minimum atomic E-state index is -1.78. The summed E-state index contributed by atoms with van der Waals surface area (Å²) in [6.07, 6.45) is 1.05. The standard InChI is InChI=1S/C23H20Cl3FN2O4/c1-28(21(30)14-2-3-14)17-6-8-19(9-7-17)32-12-18-10-15-4-5-16(27)11-20(15)29(18)22(31)33-13-23(24,25)26/h4-11,14H,2-3,12-13H2,1H3. The second-order valence-electron chi connectivity index (χ2n) is 7.80. The van der Waals surface area contributed by atoms with Gasteiger partial charge in [0.2, 0.25) is 9.70 Å². The number of carbonyl (C=O) groups excluding carboxylic acids is 2. The molecule has 6 nitrogen and oxygen atoms in total. The van der Waals surface area contributed by atoms with Crippen LogP contribution in [0.15, 0.2) is 48.5 Å². The number of ether oxygens (including phenoxy) is 2. The van der Waals surface area contributed by atoms with E-state index in [1.807, 2.05) is 0 Å². The maximum absolute atomic E-state index is 13.8. The molecule has 1 aromatic heterocycles. The average Bonchev–Trinajstić information content (AvgIpc) is 3.56. The van der Waals surface area contributed by atoms with E-state index < -0.39 is 22.3 Å². The molecule has 174 valence electrons. The number of rotatable bonds is 6. The van der Waals surface area contributed by atoms with E-state index in [-0.39, 0.29) is 18.4 Å². The Morgan fingerprint density at radius 3 is 2.45 bits per heavy atom. The van der Waals surface area contributed by atoms with Crippen molar-refractivity contribution in [3.05, 3.63) is 60.0 Å². The first kappa shape index (κ1) is 23.7. The van der Waals surface area contributed by atoms with Gasteiger partial charge in [-0.15, -0.1) is 0 Å². The highest BCUT2D eigenvalue weighted by atomic mass is 35.6. The monoisotopic (exact) mass is 512 g/mol. The molecule has 0 N–H and O–H groups in total. The number of benzene rings is 2. The van der Waals surface area contributed by atoms with Gasteiger partial charge in [-0.3, -0.25) is 4.79 Å². The molecule has 0 spiro atoms. The normalized spacial score (nSPS) is 13.7. The first-order valence-electron chi connectivity index (χ1n) is 10.2. The number of alkyl halides is 3. The van der Waals surface area contributed by atoms with Gasteiger partial charge in [0.15, 0.2) is 0 Å². The number of anilines is 1. The zero-order valence-electron chi connectivity index (χ0n) is 17.6. The van der Waals surface area contributed by atoms with Crippen LogP contribution in [0.2, 0.25) is 0 Å². The third kappa shape index (κ3) is 5.72.